The Balaban J connectivity index is 2.00. The van der Waals surface area contributed by atoms with E-state index in [0.717, 1.165) is 0 Å². The number of carbonyl (C=O) groups is 1. The summed E-state index contributed by atoms with van der Waals surface area (Å²) in [4.78, 5) is 10.9. The van der Waals surface area contributed by atoms with Crippen LogP contribution in [0, 0.1) is 17.8 Å². The fraction of sp³-hybridized carbons (Fsp3) is 0.909. The van der Waals surface area contributed by atoms with Crippen LogP contribution in [-0.2, 0) is 4.79 Å². The van der Waals surface area contributed by atoms with Crippen molar-refractivity contribution in [2.45, 2.75) is 44.6 Å². The Morgan fingerprint density at radius 3 is 1.79 bits per heavy atom. The van der Waals surface area contributed by atoms with Gasteiger partial charge in [0.1, 0.15) is 6.04 Å². The van der Waals surface area contributed by atoms with Crippen molar-refractivity contribution in [3.63, 3.8) is 0 Å². The average Bonchev–Trinajstić information content (AvgIpc) is 1.94. The summed E-state index contributed by atoms with van der Waals surface area (Å²) >= 11 is 0. The van der Waals surface area contributed by atoms with E-state index in [1.165, 1.54) is 38.5 Å². The van der Waals surface area contributed by atoms with Crippen molar-refractivity contribution in [1.82, 2.24) is 0 Å². The fourth-order valence-corrected chi connectivity index (χ4v) is 2.79. The zero-order chi connectivity index (χ0) is 10.1. The molecule has 0 radical (unpaired) electrons. The summed E-state index contributed by atoms with van der Waals surface area (Å²) in [7, 11) is 0. The Bertz CT molecular complexity index is 207. The maximum atomic E-state index is 10.9. The van der Waals surface area contributed by atoms with Gasteiger partial charge in [0.2, 0.25) is 0 Å². The average molecular weight is 197 g/mol. The lowest BCUT2D eigenvalue weighted by atomic mass is 9.62. The second-order valence-corrected chi connectivity index (χ2v) is 4.82. The van der Waals surface area contributed by atoms with E-state index in [4.69, 9.17) is 10.8 Å². The van der Waals surface area contributed by atoms with Crippen LogP contribution in [0.3, 0.4) is 0 Å². The van der Waals surface area contributed by atoms with Crippen molar-refractivity contribution in [3.05, 3.63) is 0 Å². The maximum absolute atomic E-state index is 10.9. The lowest BCUT2D eigenvalue weighted by Crippen LogP contribution is -2.48. The molecule has 2 saturated carbocycles. The maximum Gasteiger partial charge on any atom is 0.320 e. The zero-order valence-corrected chi connectivity index (χ0v) is 8.48. The van der Waals surface area contributed by atoms with E-state index >= 15 is 0 Å². The van der Waals surface area contributed by atoms with E-state index in [0.29, 0.717) is 11.8 Å². The second-order valence-electron chi connectivity index (χ2n) is 4.82. The number of aliphatic carboxylic acids is 1. The Kier molecular flexibility index (Phi) is 2.77. The molecule has 0 aliphatic heterocycles. The van der Waals surface area contributed by atoms with E-state index in [1.807, 2.05) is 0 Å². The van der Waals surface area contributed by atoms with Gasteiger partial charge in [-0.3, -0.25) is 4.79 Å². The Morgan fingerprint density at radius 1 is 1.14 bits per heavy atom. The molecule has 0 spiro atoms. The smallest absolute Gasteiger partial charge is 0.320 e. The number of nitrogens with two attached hydrogens (primary N) is 1. The molecular weight excluding hydrogens is 178 g/mol. The molecule has 0 aromatic rings. The molecule has 2 aliphatic carbocycles. The van der Waals surface area contributed by atoms with E-state index in [1.54, 1.807) is 0 Å². The van der Waals surface area contributed by atoms with Crippen molar-refractivity contribution in [3.8, 4) is 0 Å². The van der Waals surface area contributed by atoms with Gasteiger partial charge in [0, 0.05) is 0 Å². The van der Waals surface area contributed by atoms with Crippen LogP contribution in [-0.4, -0.2) is 17.1 Å². The quantitative estimate of drug-likeness (QED) is 0.719. The first-order valence-corrected chi connectivity index (χ1v) is 5.68. The molecule has 0 aromatic heterocycles. The number of carboxylic acids is 1. The molecule has 2 rings (SSSR count). The van der Waals surface area contributed by atoms with Gasteiger partial charge in [-0.15, -0.1) is 0 Å². The molecule has 80 valence electrons. The van der Waals surface area contributed by atoms with E-state index in [2.05, 4.69) is 0 Å². The first kappa shape index (κ1) is 9.97. The van der Waals surface area contributed by atoms with Crippen LogP contribution >= 0.6 is 0 Å². The van der Waals surface area contributed by atoms with Gasteiger partial charge in [0.05, 0.1) is 0 Å². The molecule has 2 fully saturated rings. The van der Waals surface area contributed by atoms with E-state index in [9.17, 15) is 4.79 Å². The lowest BCUT2D eigenvalue weighted by molar-refractivity contribution is -0.142. The molecule has 0 heterocycles. The molecule has 1 atom stereocenters. The molecule has 3 N–H and O–H groups in total. The van der Waals surface area contributed by atoms with Crippen molar-refractivity contribution in [2.24, 2.45) is 23.5 Å². The largest absolute Gasteiger partial charge is 0.480 e. The number of rotatable bonds is 4. The van der Waals surface area contributed by atoms with Crippen molar-refractivity contribution >= 4 is 5.97 Å². The Labute approximate surface area is 84.7 Å². The van der Waals surface area contributed by atoms with Crippen molar-refractivity contribution in [1.29, 1.82) is 0 Å². The van der Waals surface area contributed by atoms with Crippen LogP contribution in [0.1, 0.15) is 38.5 Å². The highest BCUT2D eigenvalue weighted by Gasteiger charge is 2.41. The molecule has 0 unspecified atom stereocenters. The highest BCUT2D eigenvalue weighted by atomic mass is 16.4. The van der Waals surface area contributed by atoms with Gasteiger partial charge in [-0.25, -0.2) is 0 Å². The molecule has 14 heavy (non-hydrogen) atoms. The summed E-state index contributed by atoms with van der Waals surface area (Å²) in [5.41, 5.74) is 5.78. The predicted octanol–water partition coefficient (Wildman–Crippen LogP) is 1.61. The molecular formula is C11H19NO2. The summed E-state index contributed by atoms with van der Waals surface area (Å²) in [6, 6.07) is -0.620. The van der Waals surface area contributed by atoms with Gasteiger partial charge in [0.15, 0.2) is 0 Å². The third-order valence-electron chi connectivity index (χ3n) is 4.09. The van der Waals surface area contributed by atoms with E-state index < -0.39 is 12.0 Å². The monoisotopic (exact) mass is 197 g/mol. The van der Waals surface area contributed by atoms with Gasteiger partial charge in [-0.05, 0) is 17.8 Å². The Hall–Kier alpha value is -0.570. The molecule has 3 heteroatoms. The summed E-state index contributed by atoms with van der Waals surface area (Å²) in [6.07, 6.45) is 7.31. The van der Waals surface area contributed by atoms with Crippen LogP contribution in [0.25, 0.3) is 0 Å². The minimum absolute atomic E-state index is 0.259. The van der Waals surface area contributed by atoms with Crippen LogP contribution in [0.5, 0.6) is 0 Å². The molecule has 0 bridgehead atoms. The van der Waals surface area contributed by atoms with E-state index in [-0.39, 0.29) is 5.92 Å². The van der Waals surface area contributed by atoms with Crippen LogP contribution in [0.4, 0.5) is 0 Å². The summed E-state index contributed by atoms with van der Waals surface area (Å²) in [6.45, 7) is 0. The summed E-state index contributed by atoms with van der Waals surface area (Å²) in [5.74, 6) is 0.654. The summed E-state index contributed by atoms with van der Waals surface area (Å²) in [5, 5.41) is 8.96. The molecule has 2 aliphatic rings. The summed E-state index contributed by atoms with van der Waals surface area (Å²) < 4.78 is 0. The highest BCUT2D eigenvalue weighted by molar-refractivity contribution is 5.73. The first-order chi connectivity index (χ1) is 6.70. The lowest BCUT2D eigenvalue weighted by Gasteiger charge is -2.44. The predicted molar refractivity (Wildman–Crippen MR) is 53.8 cm³/mol. The number of carboxylic acid groups (broad SMARTS) is 1. The molecule has 0 aromatic carbocycles. The topological polar surface area (TPSA) is 63.3 Å². The third-order valence-corrected chi connectivity index (χ3v) is 4.09. The highest BCUT2D eigenvalue weighted by Crippen LogP contribution is 2.45. The standard InChI is InChI=1S/C11H19NO2/c12-10(11(13)14)9(7-3-1-4-7)8-5-2-6-8/h7-10H,1-6,12H2,(H,13,14)/t10-/m0/s1. The van der Waals surface area contributed by atoms with Crippen LogP contribution in [0.2, 0.25) is 0 Å². The van der Waals surface area contributed by atoms with Gasteiger partial charge in [-0.1, -0.05) is 38.5 Å². The Morgan fingerprint density at radius 2 is 1.57 bits per heavy atom. The van der Waals surface area contributed by atoms with Crippen molar-refractivity contribution < 1.29 is 9.90 Å². The van der Waals surface area contributed by atoms with Crippen molar-refractivity contribution in [2.75, 3.05) is 0 Å². The second kappa shape index (κ2) is 3.89. The minimum Gasteiger partial charge on any atom is -0.480 e. The third kappa shape index (κ3) is 1.65. The normalized spacial score (nSPS) is 25.6. The van der Waals surface area contributed by atoms with Gasteiger partial charge in [0.25, 0.3) is 0 Å². The molecule has 0 saturated heterocycles. The first-order valence-electron chi connectivity index (χ1n) is 5.68. The van der Waals surface area contributed by atoms with Gasteiger partial charge in [-0.2, -0.15) is 0 Å². The van der Waals surface area contributed by atoms with Crippen LogP contribution < -0.4 is 5.73 Å². The zero-order valence-electron chi connectivity index (χ0n) is 8.48. The van der Waals surface area contributed by atoms with Gasteiger partial charge < -0.3 is 10.8 Å². The number of hydrogen-bond acceptors (Lipinski definition) is 2. The fourth-order valence-electron chi connectivity index (χ4n) is 2.79. The van der Waals surface area contributed by atoms with Gasteiger partial charge >= 0.3 is 5.97 Å². The SMILES string of the molecule is N[C@H](C(=O)O)C(C1CCC1)C1CCC1. The minimum atomic E-state index is -0.811. The molecule has 3 nitrogen and oxygen atoms in total. The molecule has 0 amide bonds. The van der Waals surface area contributed by atoms with Crippen LogP contribution in [0.15, 0.2) is 0 Å². The number of hydrogen-bond donors (Lipinski definition) is 2.